The predicted octanol–water partition coefficient (Wildman–Crippen LogP) is -0.189. The molecule has 0 aliphatic carbocycles. The molecule has 0 aromatic heterocycles. The fourth-order valence-corrected chi connectivity index (χ4v) is 2.49. The summed E-state index contributed by atoms with van der Waals surface area (Å²) in [5.41, 5.74) is 0. The molecule has 78 valence electrons. The smallest absolute Gasteiger partial charge is 0.170 e. The van der Waals surface area contributed by atoms with Crippen molar-refractivity contribution in [1.29, 1.82) is 0 Å². The molecule has 0 radical (unpaired) electrons. The fraction of sp³-hybridized carbons (Fsp3) is 1.00. The van der Waals surface area contributed by atoms with E-state index in [1.165, 1.54) is 0 Å². The molecular formula is C8H19N3OS. The van der Waals surface area contributed by atoms with Gasteiger partial charge in [-0.25, -0.2) is 13.2 Å². The Morgan fingerprint density at radius 1 is 1.62 bits per heavy atom. The van der Waals surface area contributed by atoms with Gasteiger partial charge in [-0.15, -0.1) is 0 Å². The molecule has 0 spiro atoms. The molecule has 0 saturated carbocycles. The summed E-state index contributed by atoms with van der Waals surface area (Å²) in [5, 5.41) is 0. The first kappa shape index (κ1) is 11.1. The Hall–Kier alpha value is 0.0300. The summed E-state index contributed by atoms with van der Waals surface area (Å²) < 4.78 is 16.5. The van der Waals surface area contributed by atoms with E-state index in [1.54, 1.807) is 0 Å². The molecule has 0 bridgehead atoms. The highest BCUT2D eigenvalue weighted by atomic mass is 32.2. The number of likely N-dealkylation sites (N-methyl/N-ethyl adjacent to an activating group) is 1. The van der Waals surface area contributed by atoms with Crippen LogP contribution in [0, 0.1) is 0 Å². The van der Waals surface area contributed by atoms with E-state index in [4.69, 9.17) is 0 Å². The zero-order chi connectivity index (χ0) is 9.84. The van der Waals surface area contributed by atoms with Gasteiger partial charge in [-0.1, -0.05) is 0 Å². The molecule has 1 aliphatic rings. The summed E-state index contributed by atoms with van der Waals surface area (Å²) in [5.74, 6) is 0. The maximum Gasteiger partial charge on any atom is 0.170 e. The lowest BCUT2D eigenvalue weighted by atomic mass is 10.2. The minimum Gasteiger partial charge on any atom is -0.308 e. The van der Waals surface area contributed by atoms with Crippen molar-refractivity contribution in [1.82, 2.24) is 13.9 Å². The molecule has 5 heteroatoms. The van der Waals surface area contributed by atoms with Gasteiger partial charge in [-0.3, -0.25) is 0 Å². The van der Waals surface area contributed by atoms with E-state index in [-0.39, 0.29) is 0 Å². The third-order valence-corrected chi connectivity index (χ3v) is 3.68. The van der Waals surface area contributed by atoms with Crippen LogP contribution in [0.25, 0.3) is 0 Å². The second kappa shape index (κ2) is 5.05. The van der Waals surface area contributed by atoms with Crippen LogP contribution in [0.2, 0.25) is 0 Å². The van der Waals surface area contributed by atoms with Gasteiger partial charge in [0.2, 0.25) is 0 Å². The quantitative estimate of drug-likeness (QED) is 0.693. The monoisotopic (exact) mass is 205 g/mol. The maximum absolute atomic E-state index is 11.5. The average Bonchev–Trinajstić information content (AvgIpc) is 2.03. The van der Waals surface area contributed by atoms with E-state index in [2.05, 4.69) is 16.5 Å². The lowest BCUT2D eigenvalue weighted by Gasteiger charge is -2.32. The molecule has 1 fully saturated rings. The number of nitrogens with one attached hydrogen (secondary N) is 1. The molecule has 2 unspecified atom stereocenters. The van der Waals surface area contributed by atoms with E-state index in [0.29, 0.717) is 6.04 Å². The van der Waals surface area contributed by atoms with Gasteiger partial charge in [-0.05, 0) is 27.4 Å². The lowest BCUT2D eigenvalue weighted by molar-refractivity contribution is 0.280. The van der Waals surface area contributed by atoms with Crippen molar-refractivity contribution in [3.8, 4) is 0 Å². The molecule has 1 saturated heterocycles. The van der Waals surface area contributed by atoms with Crippen LogP contribution in [-0.2, 0) is 11.2 Å². The maximum atomic E-state index is 11.5. The van der Waals surface area contributed by atoms with Crippen LogP contribution in [0.1, 0.15) is 13.3 Å². The topological polar surface area (TPSA) is 35.6 Å². The van der Waals surface area contributed by atoms with Crippen molar-refractivity contribution >= 4 is 11.2 Å². The minimum absolute atomic E-state index is 0.432. The zero-order valence-electron chi connectivity index (χ0n) is 8.62. The van der Waals surface area contributed by atoms with Gasteiger partial charge in [0.15, 0.2) is 11.2 Å². The number of rotatable bonds is 3. The largest absolute Gasteiger partial charge is 0.308 e. The van der Waals surface area contributed by atoms with Gasteiger partial charge < -0.3 is 4.90 Å². The van der Waals surface area contributed by atoms with Gasteiger partial charge in [0.05, 0.1) is 0 Å². The Morgan fingerprint density at radius 3 is 2.85 bits per heavy atom. The van der Waals surface area contributed by atoms with E-state index in [1.807, 2.05) is 18.4 Å². The van der Waals surface area contributed by atoms with Gasteiger partial charge in [0.1, 0.15) is 0 Å². The second-order valence-electron chi connectivity index (χ2n) is 3.73. The Bertz CT molecular complexity index is 186. The first-order valence-electron chi connectivity index (χ1n) is 4.68. The molecule has 1 aliphatic heterocycles. The van der Waals surface area contributed by atoms with Gasteiger partial charge in [0, 0.05) is 25.7 Å². The molecule has 1 heterocycles. The van der Waals surface area contributed by atoms with Crippen molar-refractivity contribution in [2.45, 2.75) is 19.4 Å². The van der Waals surface area contributed by atoms with Crippen LogP contribution in [0.15, 0.2) is 0 Å². The molecule has 0 aromatic rings. The van der Waals surface area contributed by atoms with E-state index in [0.717, 1.165) is 26.1 Å². The summed E-state index contributed by atoms with van der Waals surface area (Å²) >= 11 is -0.968. The Kier molecular flexibility index (Phi) is 4.31. The predicted molar refractivity (Wildman–Crippen MR) is 55.5 cm³/mol. The first-order valence-corrected chi connectivity index (χ1v) is 5.78. The number of hydrogen-bond acceptors (Lipinski definition) is 2. The summed E-state index contributed by atoms with van der Waals surface area (Å²) in [6.07, 6.45) is 1.08. The molecule has 0 amide bonds. The van der Waals surface area contributed by atoms with Crippen molar-refractivity contribution in [2.24, 2.45) is 0 Å². The third-order valence-electron chi connectivity index (χ3n) is 2.26. The Labute approximate surface area is 83.0 Å². The van der Waals surface area contributed by atoms with Crippen molar-refractivity contribution in [3.05, 3.63) is 0 Å². The average molecular weight is 205 g/mol. The standard InChI is InChI=1S/C8H19N3OS/c1-8-4-5-9-13(12)11(8)7-6-10(2)3/h8-9H,4-7H2,1-3H3. The third kappa shape index (κ3) is 3.34. The highest BCUT2D eigenvalue weighted by molar-refractivity contribution is 7.80. The summed E-state index contributed by atoms with van der Waals surface area (Å²) in [4.78, 5) is 2.11. The molecule has 2 atom stereocenters. The second-order valence-corrected chi connectivity index (χ2v) is 4.98. The van der Waals surface area contributed by atoms with Crippen molar-refractivity contribution in [2.75, 3.05) is 33.7 Å². The fourth-order valence-electron chi connectivity index (χ4n) is 1.35. The Balaban J connectivity index is 2.40. The highest BCUT2D eigenvalue weighted by Crippen LogP contribution is 2.09. The van der Waals surface area contributed by atoms with Crippen LogP contribution in [0.4, 0.5) is 0 Å². The Morgan fingerprint density at radius 2 is 2.31 bits per heavy atom. The lowest BCUT2D eigenvalue weighted by Crippen LogP contribution is -2.49. The van der Waals surface area contributed by atoms with Crippen molar-refractivity contribution in [3.63, 3.8) is 0 Å². The normalized spacial score (nSPS) is 31.1. The molecule has 13 heavy (non-hydrogen) atoms. The van der Waals surface area contributed by atoms with Gasteiger partial charge in [-0.2, -0.15) is 0 Å². The minimum atomic E-state index is -0.968. The molecule has 1 N–H and O–H groups in total. The van der Waals surface area contributed by atoms with E-state index >= 15 is 0 Å². The van der Waals surface area contributed by atoms with Crippen LogP contribution >= 0.6 is 0 Å². The summed E-state index contributed by atoms with van der Waals surface area (Å²) in [6, 6.07) is 0.432. The van der Waals surface area contributed by atoms with E-state index in [9.17, 15) is 4.21 Å². The number of hydrogen-bond donors (Lipinski definition) is 1. The van der Waals surface area contributed by atoms with Crippen LogP contribution < -0.4 is 4.72 Å². The van der Waals surface area contributed by atoms with Crippen LogP contribution in [0.5, 0.6) is 0 Å². The molecule has 4 nitrogen and oxygen atoms in total. The zero-order valence-corrected chi connectivity index (χ0v) is 9.43. The number of nitrogens with zero attached hydrogens (tertiary/aromatic N) is 2. The van der Waals surface area contributed by atoms with Gasteiger partial charge >= 0.3 is 0 Å². The summed E-state index contributed by atoms with van der Waals surface area (Å²) in [7, 11) is 4.07. The van der Waals surface area contributed by atoms with Gasteiger partial charge in [0.25, 0.3) is 0 Å². The molecule has 1 rings (SSSR count). The highest BCUT2D eigenvalue weighted by Gasteiger charge is 2.23. The van der Waals surface area contributed by atoms with Crippen molar-refractivity contribution < 1.29 is 4.21 Å². The van der Waals surface area contributed by atoms with Crippen LogP contribution in [0.3, 0.4) is 0 Å². The van der Waals surface area contributed by atoms with E-state index < -0.39 is 11.2 Å². The molecular weight excluding hydrogens is 186 g/mol. The first-order chi connectivity index (χ1) is 6.11. The van der Waals surface area contributed by atoms with Crippen LogP contribution in [-0.4, -0.2) is 53.2 Å². The SMILES string of the molecule is CC1CCNS(=O)N1CCN(C)C. The summed E-state index contributed by atoms with van der Waals surface area (Å²) in [6.45, 7) is 4.83. The molecule has 0 aromatic carbocycles.